The topological polar surface area (TPSA) is 72.2 Å². The molecule has 0 unspecified atom stereocenters. The van der Waals surface area contributed by atoms with Gasteiger partial charge in [0, 0.05) is 22.1 Å². The van der Waals surface area contributed by atoms with Crippen LogP contribution in [0.15, 0.2) is 24.3 Å². The molecule has 0 radical (unpaired) electrons. The summed E-state index contributed by atoms with van der Waals surface area (Å²) in [5, 5.41) is 2.75. The number of carbonyl (C=O) groups is 2. The Morgan fingerprint density at radius 3 is 2.38 bits per heavy atom. The van der Waals surface area contributed by atoms with E-state index in [2.05, 4.69) is 27.9 Å². The molecule has 0 aromatic heterocycles. The molecule has 0 aliphatic rings. The van der Waals surface area contributed by atoms with Crippen molar-refractivity contribution in [3.8, 4) is 0 Å². The van der Waals surface area contributed by atoms with Crippen LogP contribution in [0.3, 0.4) is 0 Å². The molecule has 3 N–H and O–H groups in total. The van der Waals surface area contributed by atoms with Crippen LogP contribution in [0.5, 0.6) is 0 Å². The molecule has 0 bridgehead atoms. The van der Waals surface area contributed by atoms with Crippen molar-refractivity contribution in [2.24, 2.45) is 5.73 Å². The van der Waals surface area contributed by atoms with Crippen molar-refractivity contribution >= 4 is 40.1 Å². The minimum Gasteiger partial charge on any atom is -0.370 e. The van der Waals surface area contributed by atoms with Gasteiger partial charge in [0.15, 0.2) is 0 Å². The van der Waals surface area contributed by atoms with Gasteiger partial charge >= 0.3 is 0 Å². The van der Waals surface area contributed by atoms with Crippen LogP contribution in [0.4, 0.5) is 5.69 Å². The van der Waals surface area contributed by atoms with Gasteiger partial charge in [-0.1, -0.05) is 0 Å². The summed E-state index contributed by atoms with van der Waals surface area (Å²) >= 11 is 2.20. The average Bonchev–Trinajstić information content (AvgIpc) is 2.21. The Hall–Kier alpha value is -1.11. The lowest BCUT2D eigenvalue weighted by Crippen LogP contribution is -2.14. The summed E-state index contributed by atoms with van der Waals surface area (Å²) in [6.07, 6.45) is 1.06. The third-order valence-electron chi connectivity index (χ3n) is 1.95. The van der Waals surface area contributed by atoms with E-state index in [4.69, 9.17) is 5.73 Å². The standard InChI is InChI=1S/C11H13IN2O2/c12-8-4-6-9(7-5-8)14-11(16)3-1-2-10(13)15/h4-7H,1-3H2,(H2,13,15)(H,14,16). The van der Waals surface area contributed by atoms with Gasteiger partial charge in [0.25, 0.3) is 0 Å². The van der Waals surface area contributed by atoms with Crippen molar-refractivity contribution in [1.29, 1.82) is 0 Å². The molecule has 16 heavy (non-hydrogen) atoms. The molecule has 0 fully saturated rings. The highest BCUT2D eigenvalue weighted by atomic mass is 127. The molecule has 1 aromatic rings. The summed E-state index contributed by atoms with van der Waals surface area (Å²) < 4.78 is 1.12. The fraction of sp³-hybridized carbons (Fsp3) is 0.273. The molecule has 0 aliphatic carbocycles. The number of carbonyl (C=O) groups excluding carboxylic acids is 2. The van der Waals surface area contributed by atoms with Crippen LogP contribution in [0, 0.1) is 3.57 Å². The minimum absolute atomic E-state index is 0.0949. The van der Waals surface area contributed by atoms with Gasteiger partial charge in [0.2, 0.25) is 11.8 Å². The van der Waals surface area contributed by atoms with Gasteiger partial charge < -0.3 is 11.1 Å². The molecule has 1 aromatic carbocycles. The normalized spacial score (nSPS) is 9.81. The van der Waals surface area contributed by atoms with E-state index >= 15 is 0 Å². The zero-order valence-electron chi connectivity index (χ0n) is 8.70. The fourth-order valence-corrected chi connectivity index (χ4v) is 1.54. The molecule has 0 spiro atoms. The molecular weight excluding hydrogens is 319 g/mol. The van der Waals surface area contributed by atoms with Crippen LogP contribution >= 0.6 is 22.6 Å². The largest absolute Gasteiger partial charge is 0.370 e. The van der Waals surface area contributed by atoms with Crippen molar-refractivity contribution in [3.63, 3.8) is 0 Å². The highest BCUT2D eigenvalue weighted by molar-refractivity contribution is 14.1. The Balaban J connectivity index is 2.34. The van der Waals surface area contributed by atoms with E-state index in [9.17, 15) is 9.59 Å². The molecule has 0 saturated heterocycles. The van der Waals surface area contributed by atoms with Gasteiger partial charge in [-0.3, -0.25) is 9.59 Å². The van der Waals surface area contributed by atoms with E-state index in [1.807, 2.05) is 24.3 Å². The second-order valence-electron chi connectivity index (χ2n) is 3.37. The molecule has 0 heterocycles. The first kappa shape index (κ1) is 13.0. The Bertz CT molecular complexity index is 376. The fourth-order valence-electron chi connectivity index (χ4n) is 1.18. The predicted octanol–water partition coefficient (Wildman–Crippen LogP) is 1.89. The van der Waals surface area contributed by atoms with Crippen molar-refractivity contribution in [2.75, 3.05) is 5.32 Å². The van der Waals surface area contributed by atoms with Crippen LogP contribution in [0.2, 0.25) is 0 Å². The van der Waals surface area contributed by atoms with Crippen LogP contribution in [0.25, 0.3) is 0 Å². The number of primary amides is 1. The van der Waals surface area contributed by atoms with E-state index in [0.717, 1.165) is 9.26 Å². The number of hydrogen-bond donors (Lipinski definition) is 2. The number of anilines is 1. The Kier molecular flexibility index (Phi) is 5.24. The Morgan fingerprint density at radius 2 is 1.81 bits per heavy atom. The molecule has 0 saturated carbocycles. The van der Waals surface area contributed by atoms with Crippen LogP contribution in [-0.2, 0) is 9.59 Å². The molecule has 1 rings (SSSR count). The number of hydrogen-bond acceptors (Lipinski definition) is 2. The first-order valence-electron chi connectivity index (χ1n) is 4.91. The number of nitrogens with one attached hydrogen (secondary N) is 1. The van der Waals surface area contributed by atoms with Crippen LogP contribution < -0.4 is 11.1 Å². The maximum atomic E-state index is 11.4. The maximum Gasteiger partial charge on any atom is 0.224 e. The van der Waals surface area contributed by atoms with Crippen LogP contribution in [0.1, 0.15) is 19.3 Å². The van der Waals surface area contributed by atoms with Gasteiger partial charge in [0.05, 0.1) is 0 Å². The number of rotatable bonds is 5. The third kappa shape index (κ3) is 5.11. The van der Waals surface area contributed by atoms with E-state index in [1.54, 1.807) is 0 Å². The van der Waals surface area contributed by atoms with Gasteiger partial charge in [-0.05, 0) is 53.3 Å². The van der Waals surface area contributed by atoms with Crippen molar-refractivity contribution < 1.29 is 9.59 Å². The SMILES string of the molecule is NC(=O)CCCC(=O)Nc1ccc(I)cc1. The lowest BCUT2D eigenvalue weighted by molar-refractivity contribution is -0.118. The summed E-state index contributed by atoms with van der Waals surface area (Å²) in [5.74, 6) is -0.468. The first-order valence-corrected chi connectivity index (χ1v) is 5.99. The lowest BCUT2D eigenvalue weighted by Gasteiger charge is -2.04. The quantitative estimate of drug-likeness (QED) is 0.808. The number of nitrogens with two attached hydrogens (primary N) is 1. The summed E-state index contributed by atoms with van der Waals surface area (Å²) in [6.45, 7) is 0. The van der Waals surface area contributed by atoms with Gasteiger partial charge in [-0.2, -0.15) is 0 Å². The second kappa shape index (κ2) is 6.47. The highest BCUT2D eigenvalue weighted by Crippen LogP contribution is 2.11. The minimum atomic E-state index is -0.373. The molecule has 86 valence electrons. The second-order valence-corrected chi connectivity index (χ2v) is 4.62. The van der Waals surface area contributed by atoms with E-state index < -0.39 is 0 Å². The smallest absolute Gasteiger partial charge is 0.224 e. The van der Waals surface area contributed by atoms with E-state index in [0.29, 0.717) is 12.8 Å². The maximum absolute atomic E-state index is 11.4. The predicted molar refractivity (Wildman–Crippen MR) is 70.8 cm³/mol. The molecule has 4 nitrogen and oxygen atoms in total. The van der Waals surface area contributed by atoms with Crippen molar-refractivity contribution in [1.82, 2.24) is 0 Å². The molecule has 0 aliphatic heterocycles. The Labute approximate surface area is 108 Å². The summed E-state index contributed by atoms with van der Waals surface area (Å²) in [6, 6.07) is 7.51. The monoisotopic (exact) mass is 332 g/mol. The third-order valence-corrected chi connectivity index (χ3v) is 2.67. The molecular formula is C11H13IN2O2. The van der Waals surface area contributed by atoms with Gasteiger partial charge in [-0.15, -0.1) is 0 Å². The lowest BCUT2D eigenvalue weighted by atomic mass is 10.2. The van der Waals surface area contributed by atoms with Crippen molar-refractivity contribution in [3.05, 3.63) is 27.8 Å². The first-order chi connectivity index (χ1) is 7.58. The summed E-state index contributed by atoms with van der Waals surface area (Å²) in [5.41, 5.74) is 5.74. The van der Waals surface area contributed by atoms with Crippen molar-refractivity contribution in [2.45, 2.75) is 19.3 Å². The van der Waals surface area contributed by atoms with Gasteiger partial charge in [-0.25, -0.2) is 0 Å². The number of halogens is 1. The average molecular weight is 332 g/mol. The highest BCUT2D eigenvalue weighted by Gasteiger charge is 2.03. The van der Waals surface area contributed by atoms with E-state index in [1.165, 1.54) is 0 Å². The zero-order valence-corrected chi connectivity index (χ0v) is 10.9. The number of amides is 2. The summed E-state index contributed by atoms with van der Waals surface area (Å²) in [7, 11) is 0. The zero-order chi connectivity index (χ0) is 12.0. The molecule has 0 atom stereocenters. The van der Waals surface area contributed by atoms with Crippen LogP contribution in [-0.4, -0.2) is 11.8 Å². The Morgan fingerprint density at radius 1 is 1.19 bits per heavy atom. The van der Waals surface area contributed by atoms with Gasteiger partial charge in [0.1, 0.15) is 0 Å². The number of benzene rings is 1. The molecule has 5 heteroatoms. The summed E-state index contributed by atoms with van der Waals surface area (Å²) in [4.78, 5) is 21.9. The molecule has 2 amide bonds. The van der Waals surface area contributed by atoms with E-state index in [-0.39, 0.29) is 18.2 Å².